The van der Waals surface area contributed by atoms with Crippen LogP contribution in [-0.4, -0.2) is 49.8 Å². The summed E-state index contributed by atoms with van der Waals surface area (Å²) in [6.45, 7) is 2.15. The van der Waals surface area contributed by atoms with Crippen molar-refractivity contribution in [3.63, 3.8) is 0 Å². The van der Waals surface area contributed by atoms with E-state index >= 15 is 0 Å². The normalized spacial score (nSPS) is 11.5. The largest absolute Gasteiger partial charge is 0.493 e. The first-order chi connectivity index (χ1) is 16.2. The molecule has 0 saturated carbocycles. The summed E-state index contributed by atoms with van der Waals surface area (Å²) in [7, 11) is 3.17. The van der Waals surface area contributed by atoms with Crippen LogP contribution in [0, 0.1) is 6.92 Å². The third-order valence-electron chi connectivity index (χ3n) is 5.07. The van der Waals surface area contributed by atoms with Gasteiger partial charge in [-0.2, -0.15) is 5.10 Å². The fraction of sp³-hybridized carbons (Fsp3) is 0.174. The number of methoxy groups -OCH3 is 2. The molecule has 0 aliphatic rings. The number of rotatable bonds is 7. The first-order valence-electron chi connectivity index (χ1n) is 10.2. The molecular weight excluding hydrogens is 422 g/mol. The van der Waals surface area contributed by atoms with E-state index in [9.17, 15) is 0 Å². The van der Waals surface area contributed by atoms with E-state index in [0.29, 0.717) is 28.6 Å². The van der Waals surface area contributed by atoms with E-state index < -0.39 is 0 Å². The van der Waals surface area contributed by atoms with Crippen LogP contribution in [-0.2, 0) is 11.4 Å². The molecule has 166 valence electrons. The van der Waals surface area contributed by atoms with Gasteiger partial charge in [0.1, 0.15) is 6.33 Å². The highest BCUT2D eigenvalue weighted by Gasteiger charge is 2.14. The Morgan fingerprint density at radius 2 is 1.91 bits per heavy atom. The zero-order valence-electron chi connectivity index (χ0n) is 18.3. The van der Waals surface area contributed by atoms with Gasteiger partial charge >= 0.3 is 0 Å². The van der Waals surface area contributed by atoms with E-state index in [1.807, 2.05) is 37.3 Å². The number of aryl methyl sites for hydroxylation is 1. The molecule has 0 radical (unpaired) electrons. The molecule has 5 rings (SSSR count). The van der Waals surface area contributed by atoms with Crippen molar-refractivity contribution in [1.82, 2.24) is 29.4 Å². The minimum absolute atomic E-state index is 0.110. The van der Waals surface area contributed by atoms with Gasteiger partial charge in [-0.05, 0) is 42.8 Å². The molecule has 0 amide bonds. The highest BCUT2D eigenvalue weighted by Crippen LogP contribution is 2.27. The van der Waals surface area contributed by atoms with E-state index in [0.717, 1.165) is 22.2 Å². The average Bonchev–Trinajstić information content (AvgIpc) is 3.45. The standard InChI is InChI=1S/C23H21N7O3/c1-15-5-4-6-17(9-15)30-22-18(12-25-30)23-27-21(28-29(23)14-24-22)13-33-26-11-16-7-8-19(31-2)20(10-16)32-3/h4-12,14H,13H2,1-3H3. The molecule has 0 saturated heterocycles. The lowest BCUT2D eigenvalue weighted by Gasteiger charge is -2.07. The van der Waals surface area contributed by atoms with Crippen LogP contribution in [0.2, 0.25) is 0 Å². The number of nitrogens with zero attached hydrogens (tertiary/aromatic N) is 7. The van der Waals surface area contributed by atoms with Gasteiger partial charge in [0.25, 0.3) is 0 Å². The van der Waals surface area contributed by atoms with E-state index in [1.54, 1.807) is 48.2 Å². The summed E-state index contributed by atoms with van der Waals surface area (Å²) in [6, 6.07) is 13.5. The molecule has 5 aromatic rings. The van der Waals surface area contributed by atoms with Crippen LogP contribution in [0.1, 0.15) is 17.0 Å². The molecule has 3 heterocycles. The van der Waals surface area contributed by atoms with Crippen LogP contribution in [0.15, 0.2) is 60.1 Å². The maximum absolute atomic E-state index is 5.40. The van der Waals surface area contributed by atoms with Gasteiger partial charge in [-0.3, -0.25) is 0 Å². The average molecular weight is 443 g/mol. The maximum Gasteiger partial charge on any atom is 0.192 e. The summed E-state index contributed by atoms with van der Waals surface area (Å²) in [4.78, 5) is 14.5. The second kappa shape index (κ2) is 8.58. The van der Waals surface area contributed by atoms with Gasteiger partial charge in [0.2, 0.25) is 0 Å². The summed E-state index contributed by atoms with van der Waals surface area (Å²) in [5.74, 6) is 1.75. The highest BCUT2D eigenvalue weighted by molar-refractivity contribution is 5.89. The molecule has 33 heavy (non-hydrogen) atoms. The summed E-state index contributed by atoms with van der Waals surface area (Å²) in [5.41, 5.74) is 4.26. The van der Waals surface area contributed by atoms with Gasteiger partial charge in [0.15, 0.2) is 35.2 Å². The molecule has 0 spiro atoms. The van der Waals surface area contributed by atoms with E-state index in [1.165, 1.54) is 0 Å². The predicted molar refractivity (Wildman–Crippen MR) is 122 cm³/mol. The molecule has 3 aromatic heterocycles. The number of aromatic nitrogens is 6. The van der Waals surface area contributed by atoms with Crippen molar-refractivity contribution in [3.8, 4) is 17.2 Å². The topological polar surface area (TPSA) is 101 Å². The van der Waals surface area contributed by atoms with Gasteiger partial charge < -0.3 is 14.3 Å². The third-order valence-corrected chi connectivity index (χ3v) is 5.07. The lowest BCUT2D eigenvalue weighted by molar-refractivity contribution is 0.126. The van der Waals surface area contributed by atoms with Crippen LogP contribution in [0.3, 0.4) is 0 Å². The van der Waals surface area contributed by atoms with E-state index in [-0.39, 0.29) is 6.61 Å². The summed E-state index contributed by atoms with van der Waals surface area (Å²) in [5, 5.41) is 13.7. The number of hydrogen-bond donors (Lipinski definition) is 0. The lowest BCUT2D eigenvalue weighted by atomic mass is 10.2. The number of hydrogen-bond acceptors (Lipinski definition) is 8. The minimum atomic E-state index is 0.110. The molecule has 0 aliphatic heterocycles. The Balaban J connectivity index is 1.35. The molecule has 10 nitrogen and oxygen atoms in total. The molecule has 0 aliphatic carbocycles. The Hall–Kier alpha value is -4.47. The van der Waals surface area contributed by atoms with Crippen LogP contribution in [0.25, 0.3) is 22.4 Å². The SMILES string of the molecule is COc1ccc(C=NOCc2nc3c4cnn(-c5cccc(C)c5)c4ncn3n2)cc1OC. The molecule has 0 atom stereocenters. The number of benzene rings is 2. The number of fused-ring (bicyclic) bond motifs is 3. The molecule has 0 N–H and O–H groups in total. The van der Waals surface area contributed by atoms with Gasteiger partial charge in [-0.1, -0.05) is 17.3 Å². The first kappa shape index (κ1) is 20.4. The third kappa shape index (κ3) is 3.93. The van der Waals surface area contributed by atoms with Gasteiger partial charge in [0.05, 0.1) is 37.7 Å². The van der Waals surface area contributed by atoms with Crippen LogP contribution in [0.4, 0.5) is 0 Å². The van der Waals surface area contributed by atoms with Crippen molar-refractivity contribution >= 4 is 22.9 Å². The van der Waals surface area contributed by atoms with Crippen molar-refractivity contribution in [2.24, 2.45) is 5.16 Å². The predicted octanol–water partition coefficient (Wildman–Crippen LogP) is 3.34. The smallest absolute Gasteiger partial charge is 0.192 e. The van der Waals surface area contributed by atoms with Crippen molar-refractivity contribution < 1.29 is 14.3 Å². The second-order valence-electron chi connectivity index (χ2n) is 7.30. The second-order valence-corrected chi connectivity index (χ2v) is 7.30. The van der Waals surface area contributed by atoms with Crippen LogP contribution >= 0.6 is 0 Å². The summed E-state index contributed by atoms with van der Waals surface area (Å²) in [6.07, 6.45) is 4.95. The molecule has 0 unspecified atom stereocenters. The van der Waals surface area contributed by atoms with Gasteiger partial charge in [0, 0.05) is 5.56 Å². The van der Waals surface area contributed by atoms with Crippen LogP contribution in [0.5, 0.6) is 11.5 Å². The maximum atomic E-state index is 5.40. The number of oxime groups is 1. The quantitative estimate of drug-likeness (QED) is 0.281. The molecule has 10 heteroatoms. The molecular formula is C23H21N7O3. The minimum Gasteiger partial charge on any atom is -0.493 e. The van der Waals surface area contributed by atoms with Crippen molar-refractivity contribution in [2.45, 2.75) is 13.5 Å². The fourth-order valence-corrected chi connectivity index (χ4v) is 3.50. The Morgan fingerprint density at radius 3 is 2.73 bits per heavy atom. The van der Waals surface area contributed by atoms with Gasteiger partial charge in [-0.15, -0.1) is 5.10 Å². The Kier molecular flexibility index (Phi) is 5.31. The van der Waals surface area contributed by atoms with Crippen molar-refractivity contribution in [2.75, 3.05) is 14.2 Å². The zero-order chi connectivity index (χ0) is 22.8. The van der Waals surface area contributed by atoms with E-state index in [2.05, 4.69) is 31.4 Å². The molecule has 0 fully saturated rings. The summed E-state index contributed by atoms with van der Waals surface area (Å²) >= 11 is 0. The highest BCUT2D eigenvalue weighted by atomic mass is 16.6. The van der Waals surface area contributed by atoms with Crippen molar-refractivity contribution in [3.05, 3.63) is 71.9 Å². The fourth-order valence-electron chi connectivity index (χ4n) is 3.50. The Bertz CT molecular complexity index is 1470. The summed E-state index contributed by atoms with van der Waals surface area (Å²) < 4.78 is 13.9. The first-order valence-corrected chi connectivity index (χ1v) is 10.2. The van der Waals surface area contributed by atoms with E-state index in [4.69, 9.17) is 14.3 Å². The zero-order valence-corrected chi connectivity index (χ0v) is 18.3. The molecule has 2 aromatic carbocycles. The van der Waals surface area contributed by atoms with Gasteiger partial charge in [-0.25, -0.2) is 19.2 Å². The monoisotopic (exact) mass is 443 g/mol. The Labute approximate surface area is 189 Å². The Morgan fingerprint density at radius 1 is 1.03 bits per heavy atom. The van der Waals surface area contributed by atoms with Crippen LogP contribution < -0.4 is 9.47 Å². The number of ether oxygens (including phenoxy) is 2. The van der Waals surface area contributed by atoms with Crippen molar-refractivity contribution in [1.29, 1.82) is 0 Å². The lowest BCUT2D eigenvalue weighted by Crippen LogP contribution is -1.99. The molecule has 0 bridgehead atoms.